The molecule has 1 spiro atoms. The minimum absolute atomic E-state index is 0.223. The van der Waals surface area contributed by atoms with Gasteiger partial charge >= 0.3 is 0 Å². The predicted octanol–water partition coefficient (Wildman–Crippen LogP) is 4.41. The van der Waals surface area contributed by atoms with E-state index < -0.39 is 11.8 Å². The summed E-state index contributed by atoms with van der Waals surface area (Å²) in [4.78, 5) is 39.1. The molecule has 1 saturated heterocycles. The smallest absolute Gasteiger partial charge is 0.247 e. The van der Waals surface area contributed by atoms with E-state index >= 15 is 0 Å². The number of allylic oxidation sites excluding steroid dienone is 4. The molecule has 1 aliphatic carbocycles. The number of fused-ring (bicyclic) bond motifs is 5. The van der Waals surface area contributed by atoms with Crippen molar-refractivity contribution in [2.24, 2.45) is 0 Å². The number of benzene rings is 2. The molecule has 4 aromatic rings. The van der Waals surface area contributed by atoms with Gasteiger partial charge in [-0.25, -0.2) is 9.59 Å². The van der Waals surface area contributed by atoms with E-state index in [1.54, 1.807) is 29.2 Å². The number of hydrogen-bond acceptors (Lipinski definition) is 8. The summed E-state index contributed by atoms with van der Waals surface area (Å²) in [5.74, 6) is 3.96. The number of amides is 1. The zero-order valence-electron chi connectivity index (χ0n) is 22.6. The fraction of sp³-hybridized carbons (Fsp3) is 0.226. The zero-order valence-corrected chi connectivity index (χ0v) is 23.3. The second-order valence-corrected chi connectivity index (χ2v) is 11.5. The highest BCUT2D eigenvalue weighted by Gasteiger charge is 2.49. The van der Waals surface area contributed by atoms with Crippen molar-refractivity contribution < 1.29 is 19.1 Å². The Labute approximate surface area is 249 Å². The molecule has 3 aliphatic heterocycles. The van der Waals surface area contributed by atoms with Gasteiger partial charge in [0.25, 0.3) is 0 Å². The number of halogens is 1. The van der Waals surface area contributed by atoms with Gasteiger partial charge in [-0.1, -0.05) is 11.6 Å². The summed E-state index contributed by atoms with van der Waals surface area (Å²) in [7, 11) is 0. The van der Waals surface area contributed by atoms with Crippen LogP contribution in [0.4, 0.5) is 5.69 Å². The molecule has 212 valence electrons. The molecule has 0 radical (unpaired) electrons. The van der Waals surface area contributed by atoms with Crippen molar-refractivity contribution in [2.75, 3.05) is 5.32 Å². The Morgan fingerprint density at radius 1 is 1.09 bits per heavy atom. The Hall–Kier alpha value is -5.21. The van der Waals surface area contributed by atoms with Crippen LogP contribution in [0, 0.1) is 0 Å². The van der Waals surface area contributed by atoms with Gasteiger partial charge in [-0.15, -0.1) is 5.10 Å². The Kier molecular flexibility index (Phi) is 5.58. The lowest BCUT2D eigenvalue weighted by molar-refractivity contribution is -0.119. The Balaban J connectivity index is 1.07. The van der Waals surface area contributed by atoms with Gasteiger partial charge in [-0.3, -0.25) is 9.36 Å². The molecule has 1 amide bonds. The SMILES string of the molecule is O=C=C1OC2(CCC2)n2c1cc1cc(NC(=O)[C@@H]3CCC4=CC(c5cc(Cl)ccc5-n5cnnn5)=CC(=C=O)N43)ccc12. The number of ether oxygens (including phenoxy) is 1. The number of nitrogens with one attached hydrogen (secondary N) is 1. The van der Waals surface area contributed by atoms with Crippen LogP contribution in [0.3, 0.4) is 0 Å². The number of carbonyl (C=O) groups excluding carboxylic acids is 3. The first-order valence-electron chi connectivity index (χ1n) is 13.9. The molecule has 12 heteroatoms. The van der Waals surface area contributed by atoms with Gasteiger partial charge in [0.1, 0.15) is 18.1 Å². The van der Waals surface area contributed by atoms with Crippen molar-refractivity contribution in [3.63, 3.8) is 0 Å². The van der Waals surface area contributed by atoms with Crippen molar-refractivity contribution in [2.45, 2.75) is 43.9 Å². The van der Waals surface area contributed by atoms with Crippen LogP contribution >= 0.6 is 11.6 Å². The third-order valence-electron chi connectivity index (χ3n) is 8.67. The summed E-state index contributed by atoms with van der Waals surface area (Å²) in [5.41, 5.74) is 5.00. The molecule has 0 bridgehead atoms. The molecule has 4 aliphatic rings. The minimum Gasteiger partial charge on any atom is -0.455 e. The van der Waals surface area contributed by atoms with Gasteiger partial charge in [0.15, 0.2) is 17.6 Å². The van der Waals surface area contributed by atoms with Gasteiger partial charge in [0.2, 0.25) is 11.7 Å². The van der Waals surface area contributed by atoms with Crippen LogP contribution in [0.25, 0.3) is 27.9 Å². The van der Waals surface area contributed by atoms with Gasteiger partial charge in [0.05, 0.1) is 16.9 Å². The van der Waals surface area contributed by atoms with Crippen LogP contribution in [-0.4, -0.2) is 53.5 Å². The highest BCUT2D eigenvalue weighted by atomic mass is 35.5. The highest BCUT2D eigenvalue weighted by molar-refractivity contribution is 6.30. The van der Waals surface area contributed by atoms with Gasteiger partial charge in [0, 0.05) is 40.2 Å². The summed E-state index contributed by atoms with van der Waals surface area (Å²) in [6.07, 6.45) is 8.95. The maximum absolute atomic E-state index is 13.6. The number of nitrogens with zero attached hydrogens (tertiary/aromatic N) is 6. The molecule has 1 N–H and O–H groups in total. The molecule has 2 aromatic carbocycles. The number of rotatable bonds is 4. The lowest BCUT2D eigenvalue weighted by atomic mass is 9.88. The van der Waals surface area contributed by atoms with Crippen molar-refractivity contribution >= 4 is 57.3 Å². The van der Waals surface area contributed by atoms with E-state index in [1.807, 2.05) is 42.2 Å². The molecule has 1 atom stereocenters. The van der Waals surface area contributed by atoms with Crippen molar-refractivity contribution in [3.05, 3.63) is 88.6 Å². The molecular weight excluding hydrogens is 570 g/mol. The monoisotopic (exact) mass is 591 g/mol. The first-order chi connectivity index (χ1) is 21.0. The van der Waals surface area contributed by atoms with Crippen LogP contribution in [0.1, 0.15) is 43.4 Å². The first kappa shape index (κ1) is 25.5. The lowest BCUT2D eigenvalue weighted by Gasteiger charge is -2.38. The van der Waals surface area contributed by atoms with E-state index in [-0.39, 0.29) is 17.4 Å². The first-order valence-corrected chi connectivity index (χ1v) is 14.3. The fourth-order valence-electron chi connectivity index (χ4n) is 6.62. The van der Waals surface area contributed by atoms with Gasteiger partial charge in [-0.05, 0) is 89.9 Å². The van der Waals surface area contributed by atoms with Crippen LogP contribution in [0.5, 0.6) is 0 Å². The van der Waals surface area contributed by atoms with E-state index in [2.05, 4.69) is 25.4 Å². The van der Waals surface area contributed by atoms with Gasteiger partial charge < -0.3 is 15.0 Å². The molecule has 43 heavy (non-hydrogen) atoms. The summed E-state index contributed by atoms with van der Waals surface area (Å²) >= 11 is 6.34. The zero-order chi connectivity index (χ0) is 29.3. The van der Waals surface area contributed by atoms with Crippen LogP contribution in [-0.2, 0) is 24.8 Å². The van der Waals surface area contributed by atoms with Crippen molar-refractivity contribution in [3.8, 4) is 5.69 Å². The summed E-state index contributed by atoms with van der Waals surface area (Å²) < 4.78 is 9.58. The van der Waals surface area contributed by atoms with Crippen LogP contribution in [0.15, 0.2) is 72.3 Å². The average molecular weight is 592 g/mol. The molecule has 2 fully saturated rings. The maximum Gasteiger partial charge on any atom is 0.247 e. The van der Waals surface area contributed by atoms with Crippen LogP contribution < -0.4 is 5.32 Å². The number of tetrazole rings is 1. The second kappa shape index (κ2) is 9.40. The maximum atomic E-state index is 13.6. The summed E-state index contributed by atoms with van der Waals surface area (Å²) in [6.45, 7) is 0. The molecular formula is C31H22ClN7O4. The molecule has 2 aromatic heterocycles. The third-order valence-corrected chi connectivity index (χ3v) is 8.91. The quantitative estimate of drug-likeness (QED) is 0.346. The number of hydrogen-bond donors (Lipinski definition) is 1. The van der Waals surface area contributed by atoms with E-state index in [4.69, 9.17) is 16.3 Å². The summed E-state index contributed by atoms with van der Waals surface area (Å²) in [5, 5.41) is 15.9. The topological polar surface area (TPSA) is 124 Å². The van der Waals surface area contributed by atoms with Crippen LogP contribution in [0.2, 0.25) is 5.02 Å². The largest absolute Gasteiger partial charge is 0.455 e. The second-order valence-electron chi connectivity index (χ2n) is 11.0. The Morgan fingerprint density at radius 3 is 2.72 bits per heavy atom. The predicted molar refractivity (Wildman–Crippen MR) is 157 cm³/mol. The standard InChI is InChI=1S/C31H22ClN7O4/c32-20-2-5-26(37-17-33-35-36-37)24(14-20)18-11-22-4-7-27(38(22)23(12-18)15-40)30(42)34-21-3-6-25-19(10-21)13-28-29(16-41)43-31(39(25)28)8-1-9-31/h2-3,5-6,10-14,17,27H,1,4,7-9H2,(H,34,42)/t27-/m0/s1. The third kappa shape index (κ3) is 3.83. The normalized spacial score (nSPS) is 19.7. The summed E-state index contributed by atoms with van der Waals surface area (Å²) in [6, 6.07) is 12.3. The Morgan fingerprint density at radius 2 is 1.98 bits per heavy atom. The van der Waals surface area contributed by atoms with E-state index in [9.17, 15) is 14.4 Å². The number of carbonyl (C=O) groups is 1. The molecule has 5 heterocycles. The van der Waals surface area contributed by atoms with Gasteiger partial charge in [-0.2, -0.15) is 4.68 Å². The van der Waals surface area contributed by atoms with E-state index in [0.29, 0.717) is 34.9 Å². The fourth-order valence-corrected chi connectivity index (χ4v) is 6.79. The molecule has 1 saturated carbocycles. The Bertz CT molecular complexity index is 2030. The van der Waals surface area contributed by atoms with E-state index in [1.165, 1.54) is 11.0 Å². The highest BCUT2D eigenvalue weighted by Crippen LogP contribution is 2.51. The number of anilines is 1. The molecule has 8 rings (SSSR count). The minimum atomic E-state index is -0.593. The van der Waals surface area contributed by atoms with E-state index in [0.717, 1.165) is 47.0 Å². The average Bonchev–Trinajstić information content (AvgIpc) is 3.79. The van der Waals surface area contributed by atoms with Crippen molar-refractivity contribution in [1.82, 2.24) is 29.7 Å². The van der Waals surface area contributed by atoms with Crippen molar-refractivity contribution in [1.29, 1.82) is 0 Å². The lowest BCUT2D eigenvalue weighted by Crippen LogP contribution is -2.39. The molecule has 11 nitrogen and oxygen atoms in total. The molecule has 0 unspecified atom stereocenters. The number of aromatic nitrogens is 5.